The number of benzene rings is 1. The van der Waals surface area contributed by atoms with Gasteiger partial charge in [-0.25, -0.2) is 0 Å². The minimum Gasteiger partial charge on any atom is -0.496 e. The van der Waals surface area contributed by atoms with Crippen molar-refractivity contribution in [3.63, 3.8) is 0 Å². The summed E-state index contributed by atoms with van der Waals surface area (Å²) in [4.78, 5) is 0. The Hall–Kier alpha value is -1.52. The molecule has 0 radical (unpaired) electrons. The summed E-state index contributed by atoms with van der Waals surface area (Å²) >= 11 is 6.08. The van der Waals surface area contributed by atoms with Gasteiger partial charge in [0.2, 0.25) is 0 Å². The van der Waals surface area contributed by atoms with Gasteiger partial charge >= 0.3 is 0 Å². The van der Waals surface area contributed by atoms with Crippen LogP contribution in [0.1, 0.15) is 36.8 Å². The number of halogens is 1. The van der Waals surface area contributed by atoms with E-state index in [4.69, 9.17) is 22.1 Å². The molecule has 0 spiro atoms. The smallest absolute Gasteiger partial charge is 0.123 e. The van der Waals surface area contributed by atoms with Gasteiger partial charge < -0.3 is 10.5 Å². The molecule has 0 amide bonds. The van der Waals surface area contributed by atoms with Crippen molar-refractivity contribution in [2.75, 3.05) is 7.11 Å². The van der Waals surface area contributed by atoms with Gasteiger partial charge in [-0.15, -0.1) is 0 Å². The second-order valence-electron chi connectivity index (χ2n) is 4.99. The summed E-state index contributed by atoms with van der Waals surface area (Å²) in [6, 6.07) is 7.48. The molecule has 0 aliphatic rings. The summed E-state index contributed by atoms with van der Waals surface area (Å²) in [6.07, 6.45) is 1.63. The van der Waals surface area contributed by atoms with Crippen LogP contribution in [0.4, 0.5) is 0 Å². The average molecular weight is 308 g/mol. The van der Waals surface area contributed by atoms with Gasteiger partial charge in [-0.3, -0.25) is 4.68 Å². The summed E-state index contributed by atoms with van der Waals surface area (Å²) in [5.74, 6) is 0.769. The molecule has 2 N–H and O–H groups in total. The highest BCUT2D eigenvalue weighted by Crippen LogP contribution is 2.29. The van der Waals surface area contributed by atoms with E-state index in [-0.39, 0.29) is 6.04 Å². The molecule has 4 nitrogen and oxygen atoms in total. The summed E-state index contributed by atoms with van der Waals surface area (Å²) in [7, 11) is 1.64. The molecule has 1 unspecified atom stereocenters. The number of aryl methyl sites for hydroxylation is 2. The average Bonchev–Trinajstić information content (AvgIpc) is 2.89. The summed E-state index contributed by atoms with van der Waals surface area (Å²) < 4.78 is 7.39. The number of nitrogens with zero attached hydrogens (tertiary/aromatic N) is 2. The van der Waals surface area contributed by atoms with Crippen LogP contribution in [-0.4, -0.2) is 16.9 Å². The van der Waals surface area contributed by atoms with Crippen LogP contribution in [0.25, 0.3) is 0 Å². The third-order valence-electron chi connectivity index (χ3n) is 3.60. The predicted molar refractivity (Wildman–Crippen MR) is 85.9 cm³/mol. The Morgan fingerprint density at radius 1 is 1.33 bits per heavy atom. The van der Waals surface area contributed by atoms with E-state index < -0.39 is 0 Å². The van der Waals surface area contributed by atoms with E-state index in [1.807, 2.05) is 22.9 Å². The molecular formula is C16H22ClN3O. The molecular weight excluding hydrogens is 286 g/mol. The molecule has 0 bridgehead atoms. The van der Waals surface area contributed by atoms with E-state index in [2.05, 4.69) is 25.0 Å². The number of nitrogens with two attached hydrogens (primary N) is 1. The van der Waals surface area contributed by atoms with Crippen molar-refractivity contribution in [2.24, 2.45) is 5.73 Å². The van der Waals surface area contributed by atoms with Crippen LogP contribution in [0.2, 0.25) is 5.02 Å². The monoisotopic (exact) mass is 307 g/mol. The number of methoxy groups -OCH3 is 1. The fraction of sp³-hybridized carbons (Fsp3) is 0.438. The molecule has 2 rings (SSSR count). The van der Waals surface area contributed by atoms with Crippen molar-refractivity contribution in [1.29, 1.82) is 0 Å². The minimum absolute atomic E-state index is 0.176. The van der Waals surface area contributed by atoms with E-state index in [9.17, 15) is 0 Å². The van der Waals surface area contributed by atoms with Gasteiger partial charge in [0, 0.05) is 35.3 Å². The first-order valence-corrected chi connectivity index (χ1v) is 7.61. The maximum absolute atomic E-state index is 6.37. The van der Waals surface area contributed by atoms with Crippen LogP contribution in [0.3, 0.4) is 0 Å². The lowest BCUT2D eigenvalue weighted by Gasteiger charge is -2.16. The first kappa shape index (κ1) is 15.9. The van der Waals surface area contributed by atoms with Gasteiger partial charge in [0.1, 0.15) is 5.75 Å². The molecule has 1 atom stereocenters. The van der Waals surface area contributed by atoms with Crippen molar-refractivity contribution < 1.29 is 4.74 Å². The van der Waals surface area contributed by atoms with E-state index in [0.29, 0.717) is 11.4 Å². The molecule has 1 aromatic carbocycles. The van der Waals surface area contributed by atoms with Crippen LogP contribution in [0, 0.1) is 0 Å². The molecule has 0 aliphatic heterocycles. The molecule has 1 heterocycles. The summed E-state index contributed by atoms with van der Waals surface area (Å²) in [5.41, 5.74) is 9.53. The van der Waals surface area contributed by atoms with E-state index in [1.54, 1.807) is 7.11 Å². The Balaban J connectivity index is 2.27. The van der Waals surface area contributed by atoms with Crippen LogP contribution in [0.5, 0.6) is 5.75 Å². The highest BCUT2D eigenvalue weighted by molar-refractivity contribution is 6.30. The van der Waals surface area contributed by atoms with Crippen LogP contribution >= 0.6 is 11.6 Å². The molecule has 0 saturated heterocycles. The Labute approximate surface area is 130 Å². The molecule has 21 heavy (non-hydrogen) atoms. The highest BCUT2D eigenvalue weighted by atomic mass is 35.5. The Kier molecular flexibility index (Phi) is 5.26. The number of aromatic nitrogens is 2. The van der Waals surface area contributed by atoms with Crippen LogP contribution < -0.4 is 10.5 Å². The SMILES string of the molecule is CCc1cc(CC(N)c2cc(Cl)ccc2OC)n(CC)n1. The Bertz CT molecular complexity index is 610. The summed E-state index contributed by atoms with van der Waals surface area (Å²) in [5, 5.41) is 5.22. The van der Waals surface area contributed by atoms with Crippen molar-refractivity contribution in [3.8, 4) is 5.75 Å². The highest BCUT2D eigenvalue weighted by Gasteiger charge is 2.16. The van der Waals surface area contributed by atoms with Gasteiger partial charge in [-0.05, 0) is 37.6 Å². The standard InChI is InChI=1S/C16H22ClN3O/c1-4-12-9-13(20(5-2)19-12)10-15(18)14-8-11(17)6-7-16(14)21-3/h6-9,15H,4-5,10,18H2,1-3H3. The van der Waals surface area contributed by atoms with Gasteiger partial charge in [-0.2, -0.15) is 5.10 Å². The van der Waals surface area contributed by atoms with E-state index in [0.717, 1.165) is 35.7 Å². The molecule has 0 saturated carbocycles. The third-order valence-corrected chi connectivity index (χ3v) is 3.83. The first-order chi connectivity index (χ1) is 10.1. The topological polar surface area (TPSA) is 53.1 Å². The van der Waals surface area contributed by atoms with Crippen LogP contribution in [0.15, 0.2) is 24.3 Å². The van der Waals surface area contributed by atoms with Crippen molar-refractivity contribution in [1.82, 2.24) is 9.78 Å². The van der Waals surface area contributed by atoms with Gasteiger partial charge in [-0.1, -0.05) is 18.5 Å². The zero-order chi connectivity index (χ0) is 15.4. The van der Waals surface area contributed by atoms with Gasteiger partial charge in [0.05, 0.1) is 12.8 Å². The van der Waals surface area contributed by atoms with Crippen LogP contribution in [-0.2, 0) is 19.4 Å². The molecule has 1 aromatic heterocycles. The summed E-state index contributed by atoms with van der Waals surface area (Å²) in [6.45, 7) is 5.03. The fourth-order valence-electron chi connectivity index (χ4n) is 2.46. The second-order valence-corrected chi connectivity index (χ2v) is 5.43. The molecule has 114 valence electrons. The zero-order valence-electron chi connectivity index (χ0n) is 12.8. The van der Waals surface area contributed by atoms with Crippen molar-refractivity contribution in [2.45, 2.75) is 39.3 Å². The number of hydrogen-bond acceptors (Lipinski definition) is 3. The molecule has 0 aliphatic carbocycles. The largest absolute Gasteiger partial charge is 0.496 e. The first-order valence-electron chi connectivity index (χ1n) is 7.23. The second kappa shape index (κ2) is 6.96. The molecule has 0 fully saturated rings. The van der Waals surface area contributed by atoms with E-state index >= 15 is 0 Å². The molecule has 2 aromatic rings. The maximum Gasteiger partial charge on any atom is 0.123 e. The number of ether oxygens (including phenoxy) is 1. The Morgan fingerprint density at radius 2 is 2.10 bits per heavy atom. The lowest BCUT2D eigenvalue weighted by atomic mass is 10.0. The van der Waals surface area contributed by atoms with E-state index in [1.165, 1.54) is 0 Å². The quantitative estimate of drug-likeness (QED) is 0.890. The molecule has 5 heteroatoms. The lowest BCUT2D eigenvalue weighted by Crippen LogP contribution is -2.17. The Morgan fingerprint density at radius 3 is 2.71 bits per heavy atom. The van der Waals surface area contributed by atoms with Gasteiger partial charge in [0.25, 0.3) is 0 Å². The zero-order valence-corrected chi connectivity index (χ0v) is 13.5. The predicted octanol–water partition coefficient (Wildman–Crippen LogP) is 3.37. The number of hydrogen-bond donors (Lipinski definition) is 1. The van der Waals surface area contributed by atoms with Crippen molar-refractivity contribution >= 4 is 11.6 Å². The minimum atomic E-state index is -0.176. The van der Waals surface area contributed by atoms with Crippen molar-refractivity contribution in [3.05, 3.63) is 46.2 Å². The maximum atomic E-state index is 6.37. The normalized spacial score (nSPS) is 12.4. The fourth-order valence-corrected chi connectivity index (χ4v) is 2.64. The third kappa shape index (κ3) is 3.57. The van der Waals surface area contributed by atoms with Gasteiger partial charge in [0.15, 0.2) is 0 Å². The lowest BCUT2D eigenvalue weighted by molar-refractivity contribution is 0.405. The number of rotatable bonds is 6.